The molecule has 3 aromatic rings. The number of anilines is 1. The monoisotopic (exact) mass is 467 g/mol. The van der Waals surface area contributed by atoms with Crippen LogP contribution in [-0.2, 0) is 10.3 Å². The fraction of sp³-hybridized carbons (Fsp3) is 0.217. The van der Waals surface area contributed by atoms with Crippen molar-refractivity contribution in [3.8, 4) is 0 Å². The number of fused-ring (bicyclic) bond motifs is 2. The third kappa shape index (κ3) is 2.91. The first kappa shape index (κ1) is 20.8. The van der Waals surface area contributed by atoms with Gasteiger partial charge in [0.1, 0.15) is 5.54 Å². The number of nitro benzene ring substituents is 1. The number of amides is 1. The summed E-state index contributed by atoms with van der Waals surface area (Å²) in [6, 6.07) is 15.0. The Balaban J connectivity index is 1.74. The molecule has 2 aromatic carbocycles. The molecular weight excluding hydrogens is 450 g/mol. The van der Waals surface area contributed by atoms with Crippen molar-refractivity contribution >= 4 is 46.0 Å². The van der Waals surface area contributed by atoms with E-state index in [2.05, 4.69) is 5.32 Å². The van der Waals surface area contributed by atoms with Crippen molar-refractivity contribution in [3.05, 3.63) is 91.1 Å². The van der Waals surface area contributed by atoms with E-state index in [1.54, 1.807) is 42.5 Å². The zero-order chi connectivity index (χ0) is 22.6. The number of rotatable bonds is 4. The van der Waals surface area contributed by atoms with Crippen LogP contribution in [0.15, 0.2) is 60.0 Å². The predicted molar refractivity (Wildman–Crippen MR) is 122 cm³/mol. The topological polar surface area (TPSA) is 92.5 Å². The molecule has 1 N–H and O–H groups in total. The zero-order valence-electron chi connectivity index (χ0n) is 16.9. The second kappa shape index (κ2) is 7.51. The Kier molecular flexibility index (Phi) is 4.88. The normalized spacial score (nSPS) is 24.5. The highest BCUT2D eigenvalue weighted by Gasteiger charge is 2.64. The van der Waals surface area contributed by atoms with Gasteiger partial charge < -0.3 is 5.32 Å². The lowest BCUT2D eigenvalue weighted by atomic mass is 9.71. The molecule has 1 saturated heterocycles. The summed E-state index contributed by atoms with van der Waals surface area (Å²) in [5.74, 6) is -1.66. The number of carbonyl (C=O) groups excluding carboxylic acids is 2. The number of likely N-dealkylation sites (N-methyl/N-ethyl adjacent to an activating group) is 1. The van der Waals surface area contributed by atoms with Crippen LogP contribution in [0.25, 0.3) is 0 Å². The summed E-state index contributed by atoms with van der Waals surface area (Å²) in [7, 11) is 1.81. The second-order valence-electron chi connectivity index (χ2n) is 8.07. The maximum Gasteiger partial charge on any atom is 0.269 e. The minimum Gasteiger partial charge on any atom is -0.324 e. The van der Waals surface area contributed by atoms with E-state index in [0.29, 0.717) is 33.3 Å². The van der Waals surface area contributed by atoms with Gasteiger partial charge in [-0.15, -0.1) is 11.3 Å². The number of non-ortho nitro benzene ring substituents is 1. The molecule has 1 fully saturated rings. The van der Waals surface area contributed by atoms with Gasteiger partial charge in [0, 0.05) is 40.9 Å². The number of nitro groups is 1. The second-order valence-corrected chi connectivity index (χ2v) is 9.45. The molecule has 32 heavy (non-hydrogen) atoms. The molecule has 1 aromatic heterocycles. The molecule has 3 heterocycles. The highest BCUT2D eigenvalue weighted by Crippen LogP contribution is 2.56. The lowest BCUT2D eigenvalue weighted by Crippen LogP contribution is -2.51. The Morgan fingerprint density at radius 1 is 1.25 bits per heavy atom. The smallest absolute Gasteiger partial charge is 0.269 e. The van der Waals surface area contributed by atoms with E-state index >= 15 is 0 Å². The van der Waals surface area contributed by atoms with Crippen LogP contribution in [0, 0.1) is 16.0 Å². The van der Waals surface area contributed by atoms with Crippen LogP contribution in [0.5, 0.6) is 0 Å². The van der Waals surface area contributed by atoms with Crippen molar-refractivity contribution in [2.45, 2.75) is 11.5 Å². The van der Waals surface area contributed by atoms with Gasteiger partial charge in [-0.25, -0.2) is 0 Å². The maximum absolute atomic E-state index is 13.9. The Bertz CT molecular complexity index is 1260. The van der Waals surface area contributed by atoms with E-state index in [1.807, 2.05) is 17.3 Å². The van der Waals surface area contributed by atoms with Crippen LogP contribution in [0.2, 0.25) is 5.02 Å². The summed E-state index contributed by atoms with van der Waals surface area (Å²) in [6.07, 6.45) is 0. The van der Waals surface area contributed by atoms with Gasteiger partial charge in [-0.1, -0.05) is 29.8 Å². The molecule has 162 valence electrons. The molecular formula is C23H18ClN3O4S. The number of hydrogen-bond donors (Lipinski definition) is 1. The Morgan fingerprint density at radius 3 is 2.78 bits per heavy atom. The van der Waals surface area contributed by atoms with E-state index in [4.69, 9.17) is 11.6 Å². The summed E-state index contributed by atoms with van der Waals surface area (Å²) in [6.45, 7) is 0.377. The average Bonchev–Trinajstić information content (AvgIpc) is 3.47. The van der Waals surface area contributed by atoms with Crippen LogP contribution in [0.1, 0.15) is 26.7 Å². The van der Waals surface area contributed by atoms with Gasteiger partial charge >= 0.3 is 0 Å². The SMILES string of the molecule is CN1C[C@H](c2cccc([N+](=O)[O-])c2)[C@@H](C(=O)c2cccs2)[C@]12C(=O)Nc1ccc(Cl)cc12. The third-order valence-corrected chi connectivity index (χ3v) is 7.59. The van der Waals surface area contributed by atoms with E-state index in [9.17, 15) is 19.7 Å². The van der Waals surface area contributed by atoms with Crippen LogP contribution in [0.4, 0.5) is 11.4 Å². The predicted octanol–water partition coefficient (Wildman–Crippen LogP) is 4.69. The van der Waals surface area contributed by atoms with Crippen molar-refractivity contribution in [1.29, 1.82) is 0 Å². The number of thiophene rings is 1. The highest BCUT2D eigenvalue weighted by atomic mass is 35.5. The number of ketones is 1. The maximum atomic E-state index is 13.9. The number of nitrogens with one attached hydrogen (secondary N) is 1. The number of carbonyl (C=O) groups is 2. The molecule has 7 nitrogen and oxygen atoms in total. The van der Waals surface area contributed by atoms with Gasteiger partial charge in [-0.2, -0.15) is 0 Å². The number of likely N-dealkylation sites (tertiary alicyclic amines) is 1. The molecule has 1 spiro atoms. The van der Waals surface area contributed by atoms with Gasteiger partial charge in [-0.05, 0) is 42.3 Å². The van der Waals surface area contributed by atoms with Crippen molar-refractivity contribution in [1.82, 2.24) is 4.90 Å². The number of Topliss-reactive ketones (excluding diaryl/α,β-unsaturated/α-hetero) is 1. The highest BCUT2D eigenvalue weighted by molar-refractivity contribution is 7.12. The third-order valence-electron chi connectivity index (χ3n) is 6.47. The first-order valence-electron chi connectivity index (χ1n) is 9.99. The Labute approximate surface area is 192 Å². The fourth-order valence-corrected chi connectivity index (χ4v) is 6.03. The van der Waals surface area contributed by atoms with Crippen molar-refractivity contribution in [2.75, 3.05) is 18.9 Å². The Morgan fingerprint density at radius 2 is 2.06 bits per heavy atom. The van der Waals surface area contributed by atoms with E-state index in [1.165, 1.54) is 23.5 Å². The van der Waals surface area contributed by atoms with Crippen LogP contribution >= 0.6 is 22.9 Å². The molecule has 0 bridgehead atoms. The van der Waals surface area contributed by atoms with Crippen molar-refractivity contribution in [3.63, 3.8) is 0 Å². The molecule has 3 atom stereocenters. The molecule has 0 aliphatic carbocycles. The van der Waals surface area contributed by atoms with Gasteiger partial charge in [-0.3, -0.25) is 24.6 Å². The largest absolute Gasteiger partial charge is 0.324 e. The lowest BCUT2D eigenvalue weighted by molar-refractivity contribution is -0.384. The van der Waals surface area contributed by atoms with Gasteiger partial charge in [0.05, 0.1) is 15.7 Å². The molecule has 1 amide bonds. The zero-order valence-corrected chi connectivity index (χ0v) is 18.5. The summed E-state index contributed by atoms with van der Waals surface area (Å²) in [5.41, 5.74) is 0.612. The Hall–Kier alpha value is -3.07. The fourth-order valence-electron chi connectivity index (χ4n) is 5.15. The molecule has 2 aliphatic rings. The minimum absolute atomic E-state index is 0.0484. The van der Waals surface area contributed by atoms with Gasteiger partial charge in [0.15, 0.2) is 5.78 Å². The van der Waals surface area contributed by atoms with Crippen molar-refractivity contribution in [2.24, 2.45) is 5.92 Å². The molecule has 0 radical (unpaired) electrons. The summed E-state index contributed by atoms with van der Waals surface area (Å²) in [5, 5.41) is 16.6. The average molecular weight is 468 g/mol. The first-order chi connectivity index (χ1) is 15.3. The summed E-state index contributed by atoms with van der Waals surface area (Å²) in [4.78, 5) is 40.8. The van der Waals surface area contributed by atoms with E-state index in [0.717, 1.165) is 0 Å². The number of benzene rings is 2. The number of hydrogen-bond acceptors (Lipinski definition) is 6. The van der Waals surface area contributed by atoms with Gasteiger partial charge in [0.25, 0.3) is 5.69 Å². The van der Waals surface area contributed by atoms with E-state index in [-0.39, 0.29) is 17.4 Å². The van der Waals surface area contributed by atoms with Crippen LogP contribution in [0.3, 0.4) is 0 Å². The molecule has 2 aliphatic heterocycles. The summed E-state index contributed by atoms with van der Waals surface area (Å²) >= 11 is 7.62. The number of nitrogens with zero attached hydrogens (tertiary/aromatic N) is 2. The molecule has 0 saturated carbocycles. The quantitative estimate of drug-likeness (QED) is 0.341. The minimum atomic E-state index is -1.27. The van der Waals surface area contributed by atoms with Crippen LogP contribution in [-0.4, -0.2) is 35.1 Å². The standard InChI is InChI=1S/C23H18ClN3O4S/c1-26-12-16(13-4-2-5-15(10-13)27(30)31)20(21(28)19-6-3-9-32-19)23(26)17-11-14(24)7-8-18(17)25-22(23)29/h2-11,16,20H,12H2,1H3,(H,25,29)/t16-,20+,23-/m1/s1. The van der Waals surface area contributed by atoms with E-state index < -0.39 is 22.3 Å². The lowest BCUT2D eigenvalue weighted by Gasteiger charge is -2.35. The van der Waals surface area contributed by atoms with Crippen LogP contribution < -0.4 is 5.32 Å². The molecule has 5 rings (SSSR count). The molecule has 0 unspecified atom stereocenters. The number of halogens is 1. The molecule has 9 heteroatoms. The van der Waals surface area contributed by atoms with Crippen molar-refractivity contribution < 1.29 is 14.5 Å². The summed E-state index contributed by atoms with van der Waals surface area (Å²) < 4.78 is 0. The van der Waals surface area contributed by atoms with Gasteiger partial charge in [0.2, 0.25) is 5.91 Å². The first-order valence-corrected chi connectivity index (χ1v) is 11.2.